The van der Waals surface area contributed by atoms with Crippen molar-refractivity contribution in [3.63, 3.8) is 0 Å². The van der Waals surface area contributed by atoms with E-state index < -0.39 is 5.91 Å². The highest BCUT2D eigenvalue weighted by Crippen LogP contribution is 2.29. The van der Waals surface area contributed by atoms with E-state index in [1.165, 1.54) is 6.20 Å². The van der Waals surface area contributed by atoms with Crippen LogP contribution in [0.2, 0.25) is 10.0 Å². The summed E-state index contributed by atoms with van der Waals surface area (Å²) in [6.45, 7) is 6.05. The van der Waals surface area contributed by atoms with Crippen molar-refractivity contribution in [2.45, 2.75) is 13.8 Å². The van der Waals surface area contributed by atoms with Crippen LogP contribution in [-0.4, -0.2) is 19.0 Å². The highest BCUT2D eigenvalue weighted by molar-refractivity contribution is 6.44. The minimum absolute atomic E-state index is 0.0844. The third-order valence-corrected chi connectivity index (χ3v) is 4.76. The summed E-state index contributed by atoms with van der Waals surface area (Å²) < 4.78 is 0. The molecule has 5 nitrogen and oxygen atoms in total. The van der Waals surface area contributed by atoms with Crippen molar-refractivity contribution in [3.05, 3.63) is 64.3 Å². The van der Waals surface area contributed by atoms with E-state index in [0.717, 1.165) is 24.5 Å². The van der Waals surface area contributed by atoms with Gasteiger partial charge in [-0.3, -0.25) is 4.79 Å². The summed E-state index contributed by atoms with van der Waals surface area (Å²) in [6, 6.07) is 14.5. The van der Waals surface area contributed by atoms with E-state index in [1.54, 1.807) is 18.2 Å². The Balaban J connectivity index is 2.08. The van der Waals surface area contributed by atoms with E-state index in [9.17, 15) is 10.1 Å². The summed E-state index contributed by atoms with van der Waals surface area (Å²) >= 11 is 12.0. The largest absolute Gasteiger partial charge is 0.372 e. The average molecular weight is 403 g/mol. The molecule has 0 saturated carbocycles. The molecule has 2 N–H and O–H groups in total. The van der Waals surface area contributed by atoms with Gasteiger partial charge in [-0.15, -0.1) is 0 Å². The molecule has 140 valence electrons. The van der Waals surface area contributed by atoms with Crippen LogP contribution in [0.15, 0.2) is 54.2 Å². The van der Waals surface area contributed by atoms with E-state index >= 15 is 0 Å². The maximum absolute atomic E-state index is 12.3. The third-order valence-electron chi connectivity index (χ3n) is 3.94. The van der Waals surface area contributed by atoms with Crippen molar-refractivity contribution in [3.8, 4) is 6.07 Å². The Morgan fingerprint density at radius 3 is 2.41 bits per heavy atom. The summed E-state index contributed by atoms with van der Waals surface area (Å²) in [5, 5.41) is 15.4. The fraction of sp³-hybridized carbons (Fsp3) is 0.200. The van der Waals surface area contributed by atoms with Crippen LogP contribution in [0.3, 0.4) is 0 Å². The summed E-state index contributed by atoms with van der Waals surface area (Å²) in [4.78, 5) is 14.5. The number of halogens is 2. The van der Waals surface area contributed by atoms with Gasteiger partial charge in [0, 0.05) is 30.7 Å². The topological polar surface area (TPSA) is 68.2 Å². The minimum atomic E-state index is -0.575. The van der Waals surface area contributed by atoms with Gasteiger partial charge in [0.25, 0.3) is 5.91 Å². The van der Waals surface area contributed by atoms with E-state index in [-0.39, 0.29) is 10.6 Å². The Hall–Kier alpha value is -2.68. The molecule has 2 aromatic rings. The number of anilines is 3. The third kappa shape index (κ3) is 5.40. The maximum Gasteiger partial charge on any atom is 0.267 e. The summed E-state index contributed by atoms with van der Waals surface area (Å²) in [5.41, 5.74) is 2.15. The first-order valence-electron chi connectivity index (χ1n) is 8.47. The number of rotatable bonds is 7. The van der Waals surface area contributed by atoms with Crippen molar-refractivity contribution in [2.75, 3.05) is 28.6 Å². The molecule has 0 radical (unpaired) electrons. The van der Waals surface area contributed by atoms with Gasteiger partial charge in [0.1, 0.15) is 11.6 Å². The fourth-order valence-electron chi connectivity index (χ4n) is 2.45. The summed E-state index contributed by atoms with van der Waals surface area (Å²) in [5.74, 6) is -0.575. The molecule has 0 saturated heterocycles. The van der Waals surface area contributed by atoms with E-state index in [1.807, 2.05) is 30.3 Å². The number of hydrogen-bond donors (Lipinski definition) is 2. The number of hydrogen-bond acceptors (Lipinski definition) is 4. The minimum Gasteiger partial charge on any atom is -0.372 e. The first kappa shape index (κ1) is 20.6. The molecule has 7 heteroatoms. The lowest BCUT2D eigenvalue weighted by molar-refractivity contribution is -0.112. The molecule has 0 bridgehead atoms. The monoisotopic (exact) mass is 402 g/mol. The lowest BCUT2D eigenvalue weighted by Gasteiger charge is -2.21. The molecule has 0 aromatic heterocycles. The van der Waals surface area contributed by atoms with E-state index in [2.05, 4.69) is 29.4 Å². The Morgan fingerprint density at radius 2 is 1.81 bits per heavy atom. The fourth-order valence-corrected chi connectivity index (χ4v) is 2.80. The molecule has 27 heavy (non-hydrogen) atoms. The highest BCUT2D eigenvalue weighted by atomic mass is 35.5. The maximum atomic E-state index is 12.3. The number of nitriles is 1. The highest BCUT2D eigenvalue weighted by Gasteiger charge is 2.12. The first-order valence-corrected chi connectivity index (χ1v) is 9.22. The molecule has 0 spiro atoms. The number of nitrogens with one attached hydrogen (secondary N) is 2. The molecule has 1 amide bonds. The summed E-state index contributed by atoms with van der Waals surface area (Å²) in [6.07, 6.45) is 1.36. The molecule has 0 fully saturated rings. The zero-order chi connectivity index (χ0) is 19.8. The number of carbonyl (C=O) groups is 1. The van der Waals surface area contributed by atoms with Gasteiger partial charge in [0.2, 0.25) is 0 Å². The van der Waals surface area contributed by atoms with Gasteiger partial charge in [-0.1, -0.05) is 29.3 Å². The van der Waals surface area contributed by atoms with Crippen LogP contribution in [0.5, 0.6) is 0 Å². The van der Waals surface area contributed by atoms with Gasteiger partial charge in [0.05, 0.1) is 15.7 Å². The molecule has 0 heterocycles. The van der Waals surface area contributed by atoms with Gasteiger partial charge < -0.3 is 15.5 Å². The Bertz CT molecular complexity index is 869. The predicted molar refractivity (Wildman–Crippen MR) is 112 cm³/mol. The number of benzene rings is 2. The van der Waals surface area contributed by atoms with Gasteiger partial charge in [-0.05, 0) is 50.2 Å². The van der Waals surface area contributed by atoms with E-state index in [0.29, 0.717) is 10.7 Å². The van der Waals surface area contributed by atoms with Crippen LogP contribution in [-0.2, 0) is 4.79 Å². The molecule has 0 atom stereocenters. The standard InChI is InChI=1S/C20H20Cl2N4O/c1-3-26(4-2)16-10-8-15(9-11-16)24-13-14(12-23)20(27)25-18-7-5-6-17(21)19(18)22/h5-11,13,24H,3-4H2,1-2H3,(H,25,27)/b14-13-. The van der Waals surface area contributed by atoms with Crippen molar-refractivity contribution < 1.29 is 4.79 Å². The quantitative estimate of drug-likeness (QED) is 0.487. The molecule has 2 aromatic carbocycles. The van der Waals surface area contributed by atoms with Crippen molar-refractivity contribution >= 4 is 46.2 Å². The van der Waals surface area contributed by atoms with Crippen LogP contribution in [0.4, 0.5) is 17.1 Å². The smallest absolute Gasteiger partial charge is 0.267 e. The van der Waals surface area contributed by atoms with Crippen molar-refractivity contribution in [1.82, 2.24) is 0 Å². The molecule has 0 aliphatic carbocycles. The second kappa shape index (κ2) is 9.86. The van der Waals surface area contributed by atoms with Gasteiger partial charge >= 0.3 is 0 Å². The molecular weight excluding hydrogens is 383 g/mol. The van der Waals surface area contributed by atoms with Gasteiger partial charge in [-0.2, -0.15) is 5.26 Å². The molecule has 0 aliphatic heterocycles. The van der Waals surface area contributed by atoms with E-state index in [4.69, 9.17) is 23.2 Å². The lowest BCUT2D eigenvalue weighted by Crippen LogP contribution is -2.21. The Labute approximate surface area is 169 Å². The van der Waals surface area contributed by atoms with Crippen molar-refractivity contribution in [2.24, 2.45) is 0 Å². The Morgan fingerprint density at radius 1 is 1.15 bits per heavy atom. The van der Waals surface area contributed by atoms with Crippen LogP contribution in [0.25, 0.3) is 0 Å². The zero-order valence-electron chi connectivity index (χ0n) is 15.1. The summed E-state index contributed by atoms with van der Waals surface area (Å²) in [7, 11) is 0. The van der Waals surface area contributed by atoms with Crippen molar-refractivity contribution in [1.29, 1.82) is 5.26 Å². The van der Waals surface area contributed by atoms with Gasteiger partial charge in [0.15, 0.2) is 0 Å². The number of carbonyl (C=O) groups excluding carboxylic acids is 1. The zero-order valence-corrected chi connectivity index (χ0v) is 16.6. The average Bonchev–Trinajstić information content (AvgIpc) is 2.68. The molecule has 2 rings (SSSR count). The van der Waals surface area contributed by atoms with Crippen LogP contribution in [0.1, 0.15) is 13.8 Å². The normalized spacial score (nSPS) is 10.9. The van der Waals surface area contributed by atoms with Gasteiger partial charge in [-0.25, -0.2) is 0 Å². The second-order valence-electron chi connectivity index (χ2n) is 5.59. The Kier molecular flexibility index (Phi) is 7.54. The first-order chi connectivity index (χ1) is 13.0. The SMILES string of the molecule is CCN(CC)c1ccc(N/C=C(/C#N)C(=O)Nc2cccc(Cl)c2Cl)cc1. The van der Waals surface area contributed by atoms with Crippen LogP contribution >= 0.6 is 23.2 Å². The number of nitrogens with zero attached hydrogens (tertiary/aromatic N) is 2. The number of amides is 1. The molecular formula is C20H20Cl2N4O. The van der Waals surface area contributed by atoms with Crippen LogP contribution < -0.4 is 15.5 Å². The second-order valence-corrected chi connectivity index (χ2v) is 6.37. The predicted octanol–water partition coefficient (Wildman–Crippen LogP) is 5.30. The van der Waals surface area contributed by atoms with Crippen LogP contribution in [0, 0.1) is 11.3 Å². The lowest BCUT2D eigenvalue weighted by atomic mass is 10.2. The molecule has 0 unspecified atom stereocenters. The molecule has 0 aliphatic rings.